The Morgan fingerprint density at radius 3 is 2.40 bits per heavy atom. The van der Waals surface area contributed by atoms with Crippen LogP contribution in [0.15, 0.2) is 0 Å². The third kappa shape index (κ3) is 2.71. The fourth-order valence-electron chi connectivity index (χ4n) is 1.34. The van der Waals surface area contributed by atoms with Crippen molar-refractivity contribution >= 4 is 6.29 Å². The highest BCUT2D eigenvalue weighted by Crippen LogP contribution is 2.21. The van der Waals surface area contributed by atoms with E-state index in [1.54, 1.807) is 0 Å². The molecule has 0 spiro atoms. The molecule has 1 fully saturated rings. The third-order valence-corrected chi connectivity index (χ3v) is 2.18. The monoisotopic (exact) mass is 222 g/mol. The molecule has 0 aromatic carbocycles. The SMILES string of the molecule is O=CCO[C@H]1O[C@H](CO)[C@H](O)[C@H](O)[C@@H]1O. The smallest absolute Gasteiger partial charge is 0.187 e. The topological polar surface area (TPSA) is 116 Å². The lowest BCUT2D eigenvalue weighted by Crippen LogP contribution is -2.59. The molecule has 0 amide bonds. The zero-order chi connectivity index (χ0) is 11.4. The minimum atomic E-state index is -1.48. The summed E-state index contributed by atoms with van der Waals surface area (Å²) in [4.78, 5) is 10.0. The van der Waals surface area contributed by atoms with E-state index in [9.17, 15) is 20.1 Å². The predicted molar refractivity (Wildman–Crippen MR) is 45.8 cm³/mol. The summed E-state index contributed by atoms with van der Waals surface area (Å²) in [5, 5.41) is 36.9. The number of carbonyl (C=O) groups is 1. The van der Waals surface area contributed by atoms with Crippen LogP contribution in [0, 0.1) is 0 Å². The highest BCUT2D eigenvalue weighted by molar-refractivity contribution is 5.50. The molecule has 1 aliphatic heterocycles. The van der Waals surface area contributed by atoms with E-state index in [0.717, 1.165) is 0 Å². The van der Waals surface area contributed by atoms with Crippen LogP contribution in [0.3, 0.4) is 0 Å². The largest absolute Gasteiger partial charge is 0.394 e. The third-order valence-electron chi connectivity index (χ3n) is 2.18. The second kappa shape index (κ2) is 5.50. The Balaban J connectivity index is 2.60. The molecular formula is C8H14O7. The summed E-state index contributed by atoms with van der Waals surface area (Å²) in [7, 11) is 0. The van der Waals surface area contributed by atoms with E-state index in [4.69, 9.17) is 14.6 Å². The molecule has 0 saturated carbocycles. The summed E-state index contributed by atoms with van der Waals surface area (Å²) < 4.78 is 9.71. The zero-order valence-corrected chi connectivity index (χ0v) is 7.89. The van der Waals surface area contributed by atoms with Gasteiger partial charge in [0.05, 0.1) is 6.61 Å². The Hall–Kier alpha value is -0.570. The normalized spacial score (nSPS) is 41.5. The number of rotatable bonds is 4. The van der Waals surface area contributed by atoms with Crippen LogP contribution in [0.4, 0.5) is 0 Å². The van der Waals surface area contributed by atoms with Gasteiger partial charge < -0.3 is 34.7 Å². The van der Waals surface area contributed by atoms with Crippen molar-refractivity contribution in [2.75, 3.05) is 13.2 Å². The first-order valence-electron chi connectivity index (χ1n) is 4.47. The van der Waals surface area contributed by atoms with E-state index in [-0.39, 0.29) is 6.61 Å². The van der Waals surface area contributed by atoms with Gasteiger partial charge in [-0.2, -0.15) is 0 Å². The summed E-state index contributed by atoms with van der Waals surface area (Å²) in [5.41, 5.74) is 0. The molecule has 7 nitrogen and oxygen atoms in total. The van der Waals surface area contributed by atoms with Crippen LogP contribution in [-0.4, -0.2) is 70.6 Å². The van der Waals surface area contributed by atoms with Crippen molar-refractivity contribution in [3.8, 4) is 0 Å². The van der Waals surface area contributed by atoms with Crippen molar-refractivity contribution in [2.24, 2.45) is 0 Å². The van der Waals surface area contributed by atoms with Gasteiger partial charge in [-0.15, -0.1) is 0 Å². The maximum atomic E-state index is 10.0. The fraction of sp³-hybridized carbons (Fsp3) is 0.875. The minimum Gasteiger partial charge on any atom is -0.394 e. The molecule has 0 bridgehead atoms. The van der Waals surface area contributed by atoms with Gasteiger partial charge in [-0.1, -0.05) is 0 Å². The van der Waals surface area contributed by atoms with Gasteiger partial charge in [0.15, 0.2) is 6.29 Å². The first-order valence-corrected chi connectivity index (χ1v) is 4.47. The quantitative estimate of drug-likeness (QED) is 0.374. The van der Waals surface area contributed by atoms with Gasteiger partial charge in [-0.3, -0.25) is 0 Å². The number of hydrogen-bond donors (Lipinski definition) is 4. The lowest BCUT2D eigenvalue weighted by molar-refractivity contribution is -0.298. The number of ether oxygens (including phenoxy) is 2. The summed E-state index contributed by atoms with van der Waals surface area (Å²) in [6.45, 7) is -0.825. The molecule has 4 N–H and O–H groups in total. The van der Waals surface area contributed by atoms with Crippen molar-refractivity contribution in [3.05, 3.63) is 0 Å². The van der Waals surface area contributed by atoms with E-state index in [1.165, 1.54) is 0 Å². The van der Waals surface area contributed by atoms with E-state index in [1.807, 2.05) is 0 Å². The molecule has 0 unspecified atom stereocenters. The van der Waals surface area contributed by atoms with Gasteiger partial charge in [0.1, 0.15) is 37.3 Å². The molecule has 1 rings (SSSR count). The van der Waals surface area contributed by atoms with Gasteiger partial charge in [0.25, 0.3) is 0 Å². The first kappa shape index (κ1) is 12.5. The van der Waals surface area contributed by atoms with Crippen LogP contribution in [0.2, 0.25) is 0 Å². The van der Waals surface area contributed by atoms with Crippen LogP contribution in [0.5, 0.6) is 0 Å². The summed E-state index contributed by atoms with van der Waals surface area (Å²) >= 11 is 0. The summed E-state index contributed by atoms with van der Waals surface area (Å²) in [6, 6.07) is 0. The molecule has 0 aromatic rings. The van der Waals surface area contributed by atoms with Gasteiger partial charge in [0.2, 0.25) is 0 Å². The van der Waals surface area contributed by atoms with Gasteiger partial charge in [-0.25, -0.2) is 0 Å². The lowest BCUT2D eigenvalue weighted by atomic mass is 9.99. The Kier molecular flexibility index (Phi) is 4.58. The van der Waals surface area contributed by atoms with Crippen LogP contribution in [0.25, 0.3) is 0 Å². The maximum absolute atomic E-state index is 10.0. The van der Waals surface area contributed by atoms with E-state index < -0.39 is 37.3 Å². The van der Waals surface area contributed by atoms with Crippen LogP contribution in [-0.2, 0) is 14.3 Å². The van der Waals surface area contributed by atoms with Gasteiger partial charge in [-0.05, 0) is 0 Å². The van der Waals surface area contributed by atoms with Gasteiger partial charge >= 0.3 is 0 Å². The Labute approximate surface area is 85.9 Å². The summed E-state index contributed by atoms with van der Waals surface area (Å²) in [5.74, 6) is 0. The number of hydrogen-bond acceptors (Lipinski definition) is 7. The predicted octanol–water partition coefficient (Wildman–Crippen LogP) is -3.00. The highest BCUT2D eigenvalue weighted by atomic mass is 16.7. The van der Waals surface area contributed by atoms with Crippen molar-refractivity contribution in [1.29, 1.82) is 0 Å². The second-order valence-electron chi connectivity index (χ2n) is 3.20. The molecule has 1 heterocycles. The molecule has 7 heteroatoms. The average molecular weight is 222 g/mol. The molecule has 1 aliphatic rings. The highest BCUT2D eigenvalue weighted by Gasteiger charge is 2.43. The van der Waals surface area contributed by atoms with Crippen molar-refractivity contribution in [1.82, 2.24) is 0 Å². The zero-order valence-electron chi connectivity index (χ0n) is 7.89. The molecule has 0 aliphatic carbocycles. The average Bonchev–Trinajstić information content (AvgIpc) is 2.25. The minimum absolute atomic E-state index is 0.303. The molecule has 0 radical (unpaired) electrons. The van der Waals surface area contributed by atoms with Crippen LogP contribution < -0.4 is 0 Å². The first-order chi connectivity index (χ1) is 7.11. The molecule has 15 heavy (non-hydrogen) atoms. The molecule has 5 atom stereocenters. The van der Waals surface area contributed by atoms with Gasteiger partial charge in [0, 0.05) is 0 Å². The fourth-order valence-corrected chi connectivity index (χ4v) is 1.34. The molecule has 1 saturated heterocycles. The molecule has 0 aromatic heterocycles. The number of carbonyl (C=O) groups excluding carboxylic acids is 1. The van der Waals surface area contributed by atoms with E-state index in [0.29, 0.717) is 6.29 Å². The standard InChI is InChI=1S/C8H14O7/c9-1-2-14-8-7(13)6(12)5(11)4(3-10)15-8/h1,4-8,10-13H,2-3H2/t4-,5+,6+,7+,8+/m1/s1. The van der Waals surface area contributed by atoms with Crippen LogP contribution in [0.1, 0.15) is 0 Å². The van der Waals surface area contributed by atoms with Crippen molar-refractivity contribution < 1.29 is 34.7 Å². The lowest BCUT2D eigenvalue weighted by Gasteiger charge is -2.39. The molecule has 88 valence electrons. The van der Waals surface area contributed by atoms with Crippen molar-refractivity contribution in [3.63, 3.8) is 0 Å². The molecular weight excluding hydrogens is 208 g/mol. The second-order valence-corrected chi connectivity index (χ2v) is 3.20. The van der Waals surface area contributed by atoms with E-state index >= 15 is 0 Å². The number of aliphatic hydroxyl groups excluding tert-OH is 4. The Morgan fingerprint density at radius 1 is 1.20 bits per heavy atom. The Bertz CT molecular complexity index is 207. The Morgan fingerprint density at radius 2 is 1.87 bits per heavy atom. The maximum Gasteiger partial charge on any atom is 0.187 e. The number of aldehydes is 1. The van der Waals surface area contributed by atoms with E-state index in [2.05, 4.69) is 0 Å². The van der Waals surface area contributed by atoms with Crippen molar-refractivity contribution in [2.45, 2.75) is 30.7 Å². The number of aliphatic hydroxyl groups is 4. The summed E-state index contributed by atoms with van der Waals surface area (Å²) in [6.07, 6.45) is -6.14. The van der Waals surface area contributed by atoms with Crippen LogP contribution >= 0.6 is 0 Å².